The van der Waals surface area contributed by atoms with Gasteiger partial charge in [-0.1, -0.05) is 11.6 Å². The highest BCUT2D eigenvalue weighted by Gasteiger charge is 2.09. The summed E-state index contributed by atoms with van der Waals surface area (Å²) in [6.07, 6.45) is 1.55. The summed E-state index contributed by atoms with van der Waals surface area (Å²) < 4.78 is 0.807. The molecule has 3 N–H and O–H groups in total. The summed E-state index contributed by atoms with van der Waals surface area (Å²) in [5, 5.41) is 3.16. The number of benzene rings is 1. The number of pyridine rings is 1. The Morgan fingerprint density at radius 1 is 1.33 bits per heavy atom. The van der Waals surface area contributed by atoms with Gasteiger partial charge in [-0.05, 0) is 46.3 Å². The lowest BCUT2D eigenvalue weighted by atomic mass is 10.2. The zero-order valence-electron chi connectivity index (χ0n) is 9.15. The van der Waals surface area contributed by atoms with Crippen molar-refractivity contribution >= 4 is 44.8 Å². The van der Waals surface area contributed by atoms with Crippen molar-refractivity contribution in [3.8, 4) is 0 Å². The van der Waals surface area contributed by atoms with E-state index in [1.807, 2.05) is 0 Å². The Hall–Kier alpha value is -1.59. The lowest BCUT2D eigenvalue weighted by Gasteiger charge is -2.08. The van der Waals surface area contributed by atoms with Crippen LogP contribution in [0.4, 0.5) is 11.4 Å². The highest BCUT2D eigenvalue weighted by Crippen LogP contribution is 2.23. The van der Waals surface area contributed by atoms with Gasteiger partial charge in [-0.25, -0.2) is 4.98 Å². The van der Waals surface area contributed by atoms with E-state index in [4.69, 9.17) is 17.3 Å². The minimum atomic E-state index is -0.337. The second-order valence-corrected chi connectivity index (χ2v) is 4.90. The average molecular weight is 327 g/mol. The molecular formula is C12H9BrClN3O. The monoisotopic (exact) mass is 325 g/mol. The van der Waals surface area contributed by atoms with Crippen molar-refractivity contribution in [3.05, 3.63) is 51.7 Å². The van der Waals surface area contributed by atoms with E-state index in [2.05, 4.69) is 26.2 Å². The third kappa shape index (κ3) is 3.00. The van der Waals surface area contributed by atoms with Crippen LogP contribution in [0.15, 0.2) is 41.0 Å². The Morgan fingerprint density at radius 2 is 2.11 bits per heavy atom. The molecule has 0 radical (unpaired) electrons. The van der Waals surface area contributed by atoms with Crippen LogP contribution in [0.2, 0.25) is 5.02 Å². The Labute approximate surface area is 117 Å². The molecule has 0 bridgehead atoms. The van der Waals surface area contributed by atoms with Crippen molar-refractivity contribution < 1.29 is 4.79 Å². The molecule has 18 heavy (non-hydrogen) atoms. The van der Waals surface area contributed by atoms with Crippen LogP contribution in [0, 0.1) is 0 Å². The van der Waals surface area contributed by atoms with Gasteiger partial charge in [-0.15, -0.1) is 0 Å². The largest absolute Gasteiger partial charge is 0.397 e. The standard InChI is InChI=1S/C12H9BrClN3O/c13-7-1-4-10(16-6-7)12(18)17-11-5-8(14)2-3-9(11)15/h1-6H,15H2,(H,17,18). The number of carbonyl (C=O) groups is 1. The highest BCUT2D eigenvalue weighted by molar-refractivity contribution is 9.10. The van der Waals surface area contributed by atoms with E-state index >= 15 is 0 Å². The maximum atomic E-state index is 11.9. The minimum absolute atomic E-state index is 0.303. The van der Waals surface area contributed by atoms with Gasteiger partial charge in [-0.2, -0.15) is 0 Å². The second kappa shape index (κ2) is 5.37. The van der Waals surface area contributed by atoms with E-state index in [0.29, 0.717) is 22.1 Å². The zero-order chi connectivity index (χ0) is 13.1. The molecule has 0 aliphatic heterocycles. The predicted octanol–water partition coefficient (Wildman–Crippen LogP) is 3.33. The normalized spacial score (nSPS) is 10.1. The van der Waals surface area contributed by atoms with Gasteiger partial charge in [0.15, 0.2) is 0 Å². The number of amides is 1. The lowest BCUT2D eigenvalue weighted by molar-refractivity contribution is 0.102. The molecule has 0 fully saturated rings. The first-order chi connectivity index (χ1) is 8.56. The van der Waals surface area contributed by atoms with Gasteiger partial charge in [0.2, 0.25) is 0 Å². The Balaban J connectivity index is 2.21. The maximum absolute atomic E-state index is 11.9. The summed E-state index contributed by atoms with van der Waals surface area (Å²) in [7, 11) is 0. The van der Waals surface area contributed by atoms with Crippen molar-refractivity contribution in [3.63, 3.8) is 0 Å². The molecule has 2 aromatic rings. The minimum Gasteiger partial charge on any atom is -0.397 e. The van der Waals surface area contributed by atoms with Crippen LogP contribution in [0.5, 0.6) is 0 Å². The average Bonchev–Trinajstić information content (AvgIpc) is 2.34. The van der Waals surface area contributed by atoms with Crippen molar-refractivity contribution in [2.24, 2.45) is 0 Å². The molecule has 0 unspecified atom stereocenters. The maximum Gasteiger partial charge on any atom is 0.274 e. The number of aromatic nitrogens is 1. The third-order valence-electron chi connectivity index (χ3n) is 2.22. The number of nitrogens with zero attached hydrogens (tertiary/aromatic N) is 1. The number of nitrogens with two attached hydrogens (primary N) is 1. The van der Waals surface area contributed by atoms with Crippen LogP contribution >= 0.6 is 27.5 Å². The van der Waals surface area contributed by atoms with Gasteiger partial charge in [0.1, 0.15) is 5.69 Å². The van der Waals surface area contributed by atoms with Crippen molar-refractivity contribution in [1.29, 1.82) is 0 Å². The van der Waals surface area contributed by atoms with Gasteiger partial charge >= 0.3 is 0 Å². The van der Waals surface area contributed by atoms with E-state index in [1.54, 1.807) is 36.5 Å². The molecule has 2 rings (SSSR count). The van der Waals surface area contributed by atoms with Gasteiger partial charge in [0.05, 0.1) is 11.4 Å². The number of nitrogen functional groups attached to an aromatic ring is 1. The number of rotatable bonds is 2. The molecule has 6 heteroatoms. The zero-order valence-corrected chi connectivity index (χ0v) is 11.5. The summed E-state index contributed by atoms with van der Waals surface area (Å²) >= 11 is 9.09. The van der Waals surface area contributed by atoms with Crippen LogP contribution in [-0.4, -0.2) is 10.9 Å². The third-order valence-corrected chi connectivity index (χ3v) is 2.93. The number of hydrogen-bond acceptors (Lipinski definition) is 3. The van der Waals surface area contributed by atoms with E-state index in [-0.39, 0.29) is 5.91 Å². The first-order valence-corrected chi connectivity index (χ1v) is 6.21. The molecule has 0 saturated heterocycles. The molecule has 1 aromatic heterocycles. The Kier molecular flexibility index (Phi) is 3.84. The summed E-state index contributed by atoms with van der Waals surface area (Å²) in [6, 6.07) is 8.23. The van der Waals surface area contributed by atoms with Crippen molar-refractivity contribution in [1.82, 2.24) is 4.98 Å². The van der Waals surface area contributed by atoms with Crippen LogP contribution < -0.4 is 11.1 Å². The van der Waals surface area contributed by atoms with Crippen LogP contribution in [-0.2, 0) is 0 Å². The first kappa shape index (κ1) is 12.9. The molecule has 0 aliphatic rings. The van der Waals surface area contributed by atoms with Crippen molar-refractivity contribution in [2.75, 3.05) is 11.1 Å². The quantitative estimate of drug-likeness (QED) is 0.832. The van der Waals surface area contributed by atoms with E-state index < -0.39 is 0 Å². The molecule has 92 valence electrons. The molecule has 1 heterocycles. The SMILES string of the molecule is Nc1ccc(Cl)cc1NC(=O)c1ccc(Br)cn1. The predicted molar refractivity (Wildman–Crippen MR) is 75.8 cm³/mol. The molecule has 4 nitrogen and oxygen atoms in total. The lowest BCUT2D eigenvalue weighted by Crippen LogP contribution is -2.14. The second-order valence-electron chi connectivity index (χ2n) is 3.55. The molecule has 0 saturated carbocycles. The number of anilines is 2. The molecule has 0 aliphatic carbocycles. The summed E-state index contributed by atoms with van der Waals surface area (Å²) in [5.74, 6) is -0.337. The van der Waals surface area contributed by atoms with Gasteiger partial charge in [-0.3, -0.25) is 4.79 Å². The first-order valence-electron chi connectivity index (χ1n) is 5.04. The van der Waals surface area contributed by atoms with Crippen LogP contribution in [0.1, 0.15) is 10.5 Å². The van der Waals surface area contributed by atoms with Gasteiger partial charge in [0.25, 0.3) is 5.91 Å². The fourth-order valence-corrected chi connectivity index (χ4v) is 1.74. The number of hydrogen-bond donors (Lipinski definition) is 2. The molecule has 1 aromatic carbocycles. The molecular weight excluding hydrogens is 318 g/mol. The summed E-state index contributed by atoms with van der Waals surface area (Å²) in [5.41, 5.74) is 6.96. The molecule has 0 atom stereocenters. The molecule has 0 spiro atoms. The highest BCUT2D eigenvalue weighted by atomic mass is 79.9. The summed E-state index contributed by atoms with van der Waals surface area (Å²) in [4.78, 5) is 15.9. The fraction of sp³-hybridized carbons (Fsp3) is 0. The Morgan fingerprint density at radius 3 is 2.78 bits per heavy atom. The van der Waals surface area contributed by atoms with Crippen molar-refractivity contribution in [2.45, 2.75) is 0 Å². The van der Waals surface area contributed by atoms with Gasteiger partial charge in [0, 0.05) is 15.7 Å². The fourth-order valence-electron chi connectivity index (χ4n) is 1.33. The topological polar surface area (TPSA) is 68.0 Å². The van der Waals surface area contributed by atoms with E-state index in [0.717, 1.165) is 4.47 Å². The van der Waals surface area contributed by atoms with Crippen LogP contribution in [0.3, 0.4) is 0 Å². The van der Waals surface area contributed by atoms with E-state index in [9.17, 15) is 4.79 Å². The summed E-state index contributed by atoms with van der Waals surface area (Å²) in [6.45, 7) is 0. The molecule has 1 amide bonds. The Bertz CT molecular complexity index is 586. The number of halogens is 2. The van der Waals surface area contributed by atoms with Gasteiger partial charge < -0.3 is 11.1 Å². The number of carbonyl (C=O) groups excluding carboxylic acids is 1. The smallest absolute Gasteiger partial charge is 0.274 e. The number of nitrogens with one attached hydrogen (secondary N) is 1. The van der Waals surface area contributed by atoms with Crippen LogP contribution in [0.25, 0.3) is 0 Å². The van der Waals surface area contributed by atoms with E-state index in [1.165, 1.54) is 0 Å².